The Balaban J connectivity index is 2.60. The van der Waals surface area contributed by atoms with Crippen molar-refractivity contribution in [2.45, 2.75) is 6.92 Å². The molecule has 0 bridgehead atoms. The number of carbonyl (C=O) groups excluding carboxylic acids is 1. The Bertz CT molecular complexity index is 611. The van der Waals surface area contributed by atoms with Crippen LogP contribution in [0.15, 0.2) is 28.4 Å². The van der Waals surface area contributed by atoms with Crippen molar-refractivity contribution in [3.05, 3.63) is 29.3 Å². The lowest BCUT2D eigenvalue weighted by Gasteiger charge is -1.97. The number of aliphatic carboxylic acids is 1. The first kappa shape index (κ1) is 11.0. The Morgan fingerprint density at radius 2 is 2.12 bits per heavy atom. The molecule has 0 saturated carbocycles. The molecule has 0 saturated heterocycles. The third kappa shape index (κ3) is 2.05. The molecule has 1 N–H and O–H groups in total. The van der Waals surface area contributed by atoms with Gasteiger partial charge in [0.2, 0.25) is 0 Å². The van der Waals surface area contributed by atoms with E-state index in [4.69, 9.17) is 5.11 Å². The van der Waals surface area contributed by atoms with Gasteiger partial charge < -0.3 is 5.11 Å². The van der Waals surface area contributed by atoms with E-state index in [9.17, 15) is 9.59 Å². The lowest BCUT2D eigenvalue weighted by atomic mass is 10.1. The molecule has 0 aliphatic heterocycles. The number of benzene rings is 1. The molecule has 0 fully saturated rings. The van der Waals surface area contributed by atoms with Gasteiger partial charge in [0.25, 0.3) is 0 Å². The smallest absolute Gasteiger partial charge is 0.339 e. The molecule has 0 unspecified atom stereocenters. The number of carboxylic acid groups (broad SMARTS) is 1. The van der Waals surface area contributed by atoms with Crippen molar-refractivity contribution in [1.82, 2.24) is 10.3 Å². The molecule has 1 aromatic carbocycles. The van der Waals surface area contributed by atoms with Crippen LogP contribution in [-0.2, 0) is 9.59 Å². The Morgan fingerprint density at radius 3 is 2.76 bits per heavy atom. The number of fused-ring (bicyclic) bond motifs is 1. The maximum absolute atomic E-state index is 11.2. The summed E-state index contributed by atoms with van der Waals surface area (Å²) in [6.07, 6.45) is 1.26. The van der Waals surface area contributed by atoms with Gasteiger partial charge in [-0.3, -0.25) is 4.79 Å². The van der Waals surface area contributed by atoms with Crippen LogP contribution in [0.25, 0.3) is 17.1 Å². The van der Waals surface area contributed by atoms with Gasteiger partial charge in [-0.25, -0.2) is 9.42 Å². The average molecular weight is 232 g/mol. The molecular weight excluding hydrogens is 224 g/mol. The second-order valence-corrected chi connectivity index (χ2v) is 3.40. The van der Waals surface area contributed by atoms with Gasteiger partial charge in [-0.1, -0.05) is 12.1 Å². The average Bonchev–Trinajstić information content (AvgIpc) is 2.73. The molecule has 2 rings (SSSR count). The number of Topliss-reactive ketones (excluding diaryl/α,β-unsaturated/α-hetero) is 1. The van der Waals surface area contributed by atoms with E-state index in [1.54, 1.807) is 18.2 Å². The number of ketones is 1. The number of hydrogen-bond donors (Lipinski definition) is 1. The molecule has 0 spiro atoms. The van der Waals surface area contributed by atoms with E-state index in [-0.39, 0.29) is 5.57 Å². The predicted molar refractivity (Wildman–Crippen MR) is 58.1 cm³/mol. The van der Waals surface area contributed by atoms with Crippen LogP contribution in [0.2, 0.25) is 0 Å². The summed E-state index contributed by atoms with van der Waals surface area (Å²) >= 11 is 0. The molecule has 86 valence electrons. The van der Waals surface area contributed by atoms with Crippen LogP contribution < -0.4 is 0 Å². The molecule has 6 nitrogen and oxygen atoms in total. The van der Waals surface area contributed by atoms with Gasteiger partial charge in [-0.2, -0.15) is 0 Å². The predicted octanol–water partition coefficient (Wildman–Crippen LogP) is 1.28. The SMILES string of the molecule is CC(=O)/C(=C/c1cccc2nonc12)C(=O)O. The monoisotopic (exact) mass is 232 g/mol. The van der Waals surface area contributed by atoms with Crippen LogP contribution >= 0.6 is 0 Å². The molecule has 1 aromatic heterocycles. The van der Waals surface area contributed by atoms with Crippen LogP contribution in [0.5, 0.6) is 0 Å². The van der Waals surface area contributed by atoms with Crippen molar-refractivity contribution < 1.29 is 19.3 Å². The molecule has 2 aromatic rings. The zero-order valence-corrected chi connectivity index (χ0v) is 8.88. The van der Waals surface area contributed by atoms with Gasteiger partial charge >= 0.3 is 5.97 Å². The Labute approximate surface area is 95.5 Å². The molecule has 17 heavy (non-hydrogen) atoms. The van der Waals surface area contributed by atoms with Gasteiger partial charge in [0, 0.05) is 5.56 Å². The number of carbonyl (C=O) groups is 2. The highest BCUT2D eigenvalue weighted by Gasteiger charge is 2.14. The summed E-state index contributed by atoms with van der Waals surface area (Å²) in [7, 11) is 0. The molecule has 1 heterocycles. The minimum absolute atomic E-state index is 0.305. The van der Waals surface area contributed by atoms with Crippen LogP contribution in [0.1, 0.15) is 12.5 Å². The van der Waals surface area contributed by atoms with E-state index in [1.807, 2.05) is 0 Å². The van der Waals surface area contributed by atoms with Crippen LogP contribution in [0, 0.1) is 0 Å². The summed E-state index contributed by atoms with van der Waals surface area (Å²) in [6, 6.07) is 4.99. The maximum atomic E-state index is 11.2. The van der Waals surface area contributed by atoms with Crippen LogP contribution in [-0.4, -0.2) is 27.2 Å². The summed E-state index contributed by atoms with van der Waals surface area (Å²) in [5.41, 5.74) is 1.11. The lowest BCUT2D eigenvalue weighted by Crippen LogP contribution is -2.08. The first-order valence-electron chi connectivity index (χ1n) is 4.77. The van der Waals surface area contributed by atoms with Gasteiger partial charge in [0.05, 0.1) is 0 Å². The summed E-state index contributed by atoms with van der Waals surface area (Å²) in [6.45, 7) is 1.20. The zero-order chi connectivity index (χ0) is 12.4. The Hall–Kier alpha value is -2.50. The van der Waals surface area contributed by atoms with Gasteiger partial charge in [-0.05, 0) is 29.4 Å². The fourth-order valence-corrected chi connectivity index (χ4v) is 1.41. The quantitative estimate of drug-likeness (QED) is 0.486. The van der Waals surface area contributed by atoms with E-state index >= 15 is 0 Å². The number of aromatic nitrogens is 2. The normalized spacial score (nSPS) is 11.7. The summed E-state index contributed by atoms with van der Waals surface area (Å²) in [5, 5.41) is 16.2. The summed E-state index contributed by atoms with van der Waals surface area (Å²) in [4.78, 5) is 22.0. The molecule has 0 atom stereocenters. The van der Waals surface area contributed by atoms with E-state index in [0.717, 1.165) is 0 Å². The van der Waals surface area contributed by atoms with Crippen molar-refractivity contribution in [3.63, 3.8) is 0 Å². The first-order chi connectivity index (χ1) is 8.09. The molecule has 6 heteroatoms. The van der Waals surface area contributed by atoms with Gasteiger partial charge in [-0.15, -0.1) is 0 Å². The number of nitrogens with zero attached hydrogens (tertiary/aromatic N) is 2. The van der Waals surface area contributed by atoms with E-state index < -0.39 is 11.8 Å². The highest BCUT2D eigenvalue weighted by Crippen LogP contribution is 2.17. The second kappa shape index (κ2) is 4.17. The second-order valence-electron chi connectivity index (χ2n) is 3.40. The third-order valence-electron chi connectivity index (χ3n) is 2.23. The Kier molecular flexibility index (Phi) is 2.70. The van der Waals surface area contributed by atoms with Crippen molar-refractivity contribution in [1.29, 1.82) is 0 Å². The molecule has 0 radical (unpaired) electrons. The molecule has 0 aliphatic carbocycles. The maximum Gasteiger partial charge on any atom is 0.339 e. The molecular formula is C11H8N2O4. The number of rotatable bonds is 3. The van der Waals surface area contributed by atoms with Crippen molar-refractivity contribution >= 4 is 28.9 Å². The van der Waals surface area contributed by atoms with Gasteiger partial charge in [0.1, 0.15) is 16.6 Å². The van der Waals surface area contributed by atoms with E-state index in [2.05, 4.69) is 14.9 Å². The zero-order valence-electron chi connectivity index (χ0n) is 8.88. The third-order valence-corrected chi connectivity index (χ3v) is 2.23. The van der Waals surface area contributed by atoms with Crippen LogP contribution in [0.3, 0.4) is 0 Å². The van der Waals surface area contributed by atoms with Gasteiger partial charge in [0.15, 0.2) is 5.78 Å². The van der Waals surface area contributed by atoms with Crippen molar-refractivity contribution in [3.8, 4) is 0 Å². The van der Waals surface area contributed by atoms with Crippen molar-refractivity contribution in [2.75, 3.05) is 0 Å². The summed E-state index contributed by atoms with van der Waals surface area (Å²) < 4.78 is 4.55. The number of hydrogen-bond acceptors (Lipinski definition) is 5. The highest BCUT2D eigenvalue weighted by atomic mass is 16.6. The Morgan fingerprint density at radius 1 is 1.35 bits per heavy atom. The van der Waals surface area contributed by atoms with E-state index in [0.29, 0.717) is 16.6 Å². The molecule has 0 aliphatic rings. The van der Waals surface area contributed by atoms with E-state index in [1.165, 1.54) is 13.0 Å². The highest BCUT2D eigenvalue weighted by molar-refractivity contribution is 6.19. The topological polar surface area (TPSA) is 93.3 Å². The van der Waals surface area contributed by atoms with Crippen molar-refractivity contribution in [2.24, 2.45) is 0 Å². The number of carboxylic acids is 1. The molecule has 0 amide bonds. The largest absolute Gasteiger partial charge is 0.478 e. The first-order valence-corrected chi connectivity index (χ1v) is 4.77. The fraction of sp³-hybridized carbons (Fsp3) is 0.0909. The van der Waals surface area contributed by atoms with Crippen LogP contribution in [0.4, 0.5) is 0 Å². The standard InChI is InChI=1S/C11H8N2O4/c1-6(14)8(11(15)16)5-7-3-2-4-9-10(7)13-17-12-9/h2-5H,1H3,(H,15,16)/b8-5-. The minimum Gasteiger partial charge on any atom is -0.478 e. The lowest BCUT2D eigenvalue weighted by molar-refractivity contribution is -0.134. The summed E-state index contributed by atoms with van der Waals surface area (Å²) in [5.74, 6) is -1.79. The fourth-order valence-electron chi connectivity index (χ4n) is 1.41. The minimum atomic E-state index is -1.27.